The average Bonchev–Trinajstić information content (AvgIpc) is 3.13. The minimum Gasteiger partial charge on any atom is -0.465 e. The van der Waals surface area contributed by atoms with E-state index in [1.54, 1.807) is 0 Å². The Bertz CT molecular complexity index is 1350. The van der Waals surface area contributed by atoms with Crippen LogP contribution < -0.4 is 4.90 Å². The third-order valence-corrected chi connectivity index (χ3v) is 7.32. The molecule has 0 saturated heterocycles. The lowest BCUT2D eigenvalue weighted by Gasteiger charge is -2.38. The van der Waals surface area contributed by atoms with Gasteiger partial charge in [0.2, 0.25) is 5.95 Å². The molecule has 4 rings (SSSR count). The Morgan fingerprint density at radius 1 is 1.24 bits per heavy atom. The first-order chi connectivity index (χ1) is 15.6. The number of carbonyl (C=O) groups excluding carboxylic acids is 1. The lowest BCUT2D eigenvalue weighted by molar-refractivity contribution is 0.0596. The van der Waals surface area contributed by atoms with Gasteiger partial charge in [0, 0.05) is 31.2 Å². The molecule has 1 aliphatic heterocycles. The highest BCUT2D eigenvalue weighted by molar-refractivity contribution is 7.90. The highest BCUT2D eigenvalue weighted by Crippen LogP contribution is 2.37. The summed E-state index contributed by atoms with van der Waals surface area (Å²) in [5.41, 5.74) is 3.32. The molecule has 0 amide bonds. The van der Waals surface area contributed by atoms with E-state index in [0.717, 1.165) is 29.8 Å². The number of carbonyl (C=O) groups is 1. The van der Waals surface area contributed by atoms with E-state index in [2.05, 4.69) is 30.7 Å². The van der Waals surface area contributed by atoms with Crippen molar-refractivity contribution in [2.24, 2.45) is 5.92 Å². The lowest BCUT2D eigenvalue weighted by Crippen LogP contribution is -2.42. The highest BCUT2D eigenvalue weighted by atomic mass is 32.2. The molecular weight excluding hydrogens is 442 g/mol. The van der Waals surface area contributed by atoms with Gasteiger partial charge in [-0.25, -0.2) is 28.2 Å². The van der Waals surface area contributed by atoms with Crippen LogP contribution in [0.2, 0.25) is 0 Å². The topological polar surface area (TPSA) is 107 Å². The minimum absolute atomic E-state index is 0.00462. The van der Waals surface area contributed by atoms with Crippen molar-refractivity contribution < 1.29 is 17.9 Å². The monoisotopic (exact) mass is 471 g/mol. The SMILES string of the molecule is CCc1cnc(N2CCn3c(nc4cc(C(=O)OC)c(S(C)(=O)=O)cc43)[C@H]2C(C)C)nc1C. The van der Waals surface area contributed by atoms with Gasteiger partial charge in [-0.05, 0) is 37.0 Å². The van der Waals surface area contributed by atoms with Gasteiger partial charge in [0.1, 0.15) is 5.82 Å². The highest BCUT2D eigenvalue weighted by Gasteiger charge is 2.35. The van der Waals surface area contributed by atoms with Gasteiger partial charge in [0.25, 0.3) is 0 Å². The van der Waals surface area contributed by atoms with Crippen LogP contribution in [0.5, 0.6) is 0 Å². The maximum absolute atomic E-state index is 12.4. The summed E-state index contributed by atoms with van der Waals surface area (Å²) >= 11 is 0. The van der Waals surface area contributed by atoms with E-state index >= 15 is 0 Å². The van der Waals surface area contributed by atoms with Crippen molar-refractivity contribution in [3.05, 3.63) is 41.0 Å². The van der Waals surface area contributed by atoms with Gasteiger partial charge < -0.3 is 14.2 Å². The summed E-state index contributed by atoms with van der Waals surface area (Å²) in [7, 11) is -2.42. The Morgan fingerprint density at radius 3 is 2.55 bits per heavy atom. The van der Waals surface area contributed by atoms with Crippen LogP contribution in [0.3, 0.4) is 0 Å². The largest absolute Gasteiger partial charge is 0.465 e. The normalized spacial score (nSPS) is 16.3. The molecule has 0 fully saturated rings. The van der Waals surface area contributed by atoms with Gasteiger partial charge >= 0.3 is 5.97 Å². The zero-order chi connectivity index (χ0) is 24.1. The molecule has 1 aliphatic rings. The number of ether oxygens (including phenoxy) is 1. The zero-order valence-corrected chi connectivity index (χ0v) is 20.6. The van der Waals surface area contributed by atoms with E-state index in [-0.39, 0.29) is 22.4 Å². The van der Waals surface area contributed by atoms with Gasteiger partial charge in [-0.3, -0.25) is 0 Å². The molecule has 0 aliphatic carbocycles. The molecule has 0 spiro atoms. The molecule has 0 saturated carbocycles. The van der Waals surface area contributed by atoms with Crippen molar-refractivity contribution in [1.82, 2.24) is 19.5 Å². The lowest BCUT2D eigenvalue weighted by atomic mass is 10.00. The summed E-state index contributed by atoms with van der Waals surface area (Å²) in [5, 5.41) is 0. The number of esters is 1. The maximum Gasteiger partial charge on any atom is 0.339 e. The number of anilines is 1. The molecule has 0 radical (unpaired) electrons. The molecule has 1 atom stereocenters. The number of aromatic nitrogens is 4. The number of rotatable bonds is 5. The number of aryl methyl sites for hydroxylation is 2. The number of imidazole rings is 1. The summed E-state index contributed by atoms with van der Waals surface area (Å²) in [6.07, 6.45) is 3.85. The van der Waals surface area contributed by atoms with E-state index < -0.39 is 15.8 Å². The van der Waals surface area contributed by atoms with E-state index in [1.807, 2.05) is 17.7 Å². The second-order valence-electron chi connectivity index (χ2n) is 8.74. The average molecular weight is 472 g/mol. The number of hydrogen-bond donors (Lipinski definition) is 0. The number of nitrogens with zero attached hydrogens (tertiary/aromatic N) is 5. The third-order valence-electron chi connectivity index (χ3n) is 6.19. The van der Waals surface area contributed by atoms with E-state index in [1.165, 1.54) is 19.2 Å². The molecule has 9 nitrogen and oxygen atoms in total. The third kappa shape index (κ3) is 3.96. The Labute approximate surface area is 193 Å². The predicted molar refractivity (Wildman–Crippen MR) is 125 cm³/mol. The second-order valence-corrected chi connectivity index (χ2v) is 10.7. The molecule has 176 valence electrons. The van der Waals surface area contributed by atoms with Crippen LogP contribution in [0, 0.1) is 12.8 Å². The van der Waals surface area contributed by atoms with Crippen LogP contribution >= 0.6 is 0 Å². The van der Waals surface area contributed by atoms with E-state index in [9.17, 15) is 13.2 Å². The quantitative estimate of drug-likeness (QED) is 0.523. The standard InChI is InChI=1S/C23H29N5O4S/c1-7-15-12-24-23(25-14(15)4)28-9-8-27-18-11-19(33(6,30)31)16(22(29)32-5)10-17(18)26-21(27)20(28)13(2)3/h10-13,20H,7-9H2,1-6H3/t20-/m1/s1. The van der Waals surface area contributed by atoms with Crippen molar-refractivity contribution >= 4 is 32.8 Å². The number of fused-ring (bicyclic) bond motifs is 3. The van der Waals surface area contributed by atoms with Crippen LogP contribution in [0.25, 0.3) is 11.0 Å². The molecule has 33 heavy (non-hydrogen) atoms. The summed E-state index contributed by atoms with van der Waals surface area (Å²) in [4.78, 5) is 28.7. The molecule has 3 aromatic rings. The van der Waals surface area contributed by atoms with E-state index in [0.29, 0.717) is 30.1 Å². The first-order valence-electron chi connectivity index (χ1n) is 11.0. The molecule has 0 N–H and O–H groups in total. The fourth-order valence-corrected chi connectivity index (χ4v) is 5.41. The van der Waals surface area contributed by atoms with Crippen LogP contribution in [0.1, 0.15) is 54.3 Å². The van der Waals surface area contributed by atoms with Gasteiger partial charge in [-0.1, -0.05) is 20.8 Å². The molecule has 1 aromatic carbocycles. The fraction of sp³-hybridized carbons (Fsp3) is 0.478. The number of benzene rings is 1. The molecule has 2 aromatic heterocycles. The van der Waals surface area contributed by atoms with Crippen molar-refractivity contribution in [2.75, 3.05) is 24.8 Å². The van der Waals surface area contributed by atoms with Crippen molar-refractivity contribution in [2.45, 2.75) is 51.6 Å². The van der Waals surface area contributed by atoms with Gasteiger partial charge in [-0.2, -0.15) is 0 Å². The van der Waals surface area contributed by atoms with Crippen molar-refractivity contribution in [3.8, 4) is 0 Å². The van der Waals surface area contributed by atoms with Crippen molar-refractivity contribution in [3.63, 3.8) is 0 Å². The van der Waals surface area contributed by atoms with Gasteiger partial charge in [0.05, 0.1) is 34.6 Å². The fourth-order valence-electron chi connectivity index (χ4n) is 4.54. The van der Waals surface area contributed by atoms with Gasteiger partial charge in [-0.15, -0.1) is 0 Å². The molecule has 10 heteroatoms. The minimum atomic E-state index is -3.65. The summed E-state index contributed by atoms with van der Waals surface area (Å²) in [6.45, 7) is 9.55. The summed E-state index contributed by atoms with van der Waals surface area (Å²) in [5.74, 6) is 0.942. The van der Waals surface area contributed by atoms with Crippen LogP contribution in [-0.2, 0) is 27.5 Å². The first kappa shape index (κ1) is 23.2. The maximum atomic E-state index is 12.4. The Balaban J connectivity index is 1.89. The van der Waals surface area contributed by atoms with E-state index in [4.69, 9.17) is 14.7 Å². The number of methoxy groups -OCH3 is 1. The second kappa shape index (κ2) is 8.40. The summed E-state index contributed by atoms with van der Waals surface area (Å²) < 4.78 is 31.7. The predicted octanol–water partition coefficient (Wildman–Crippen LogP) is 3.10. The molecular formula is C23H29N5O4S. The molecule has 3 heterocycles. The van der Waals surface area contributed by atoms with Crippen LogP contribution in [-0.4, -0.2) is 53.8 Å². The van der Waals surface area contributed by atoms with Crippen LogP contribution in [0.15, 0.2) is 23.2 Å². The number of sulfone groups is 1. The Hall–Kier alpha value is -3.01. The Kier molecular flexibility index (Phi) is 5.90. The van der Waals surface area contributed by atoms with Crippen molar-refractivity contribution in [1.29, 1.82) is 0 Å². The smallest absolute Gasteiger partial charge is 0.339 e. The van der Waals surface area contributed by atoms with Gasteiger partial charge in [0.15, 0.2) is 9.84 Å². The zero-order valence-electron chi connectivity index (χ0n) is 19.8. The summed E-state index contributed by atoms with van der Waals surface area (Å²) in [6, 6.07) is 2.94. The Morgan fingerprint density at radius 2 is 1.97 bits per heavy atom. The molecule has 0 bridgehead atoms. The molecule has 0 unspecified atom stereocenters. The number of hydrogen-bond acceptors (Lipinski definition) is 8. The van der Waals surface area contributed by atoms with Crippen LogP contribution in [0.4, 0.5) is 5.95 Å². The first-order valence-corrected chi connectivity index (χ1v) is 12.9.